The number of aliphatic hydroxyl groups is 1. The standard InChI is InChI=1S/C15H16N2O/c1-11(10-18)9-17-15-7-6-12(8-16)13-4-2-3-5-14(13)15/h2-7,11,17-18H,9-10H2,1H3. The number of nitriles is 1. The maximum Gasteiger partial charge on any atom is 0.0998 e. The van der Waals surface area contributed by atoms with E-state index in [0.717, 1.165) is 16.5 Å². The number of nitrogens with one attached hydrogen (secondary N) is 1. The van der Waals surface area contributed by atoms with Crippen LogP contribution >= 0.6 is 0 Å². The highest BCUT2D eigenvalue weighted by molar-refractivity contribution is 5.97. The van der Waals surface area contributed by atoms with Crippen molar-refractivity contribution in [3.63, 3.8) is 0 Å². The first-order valence-electron chi connectivity index (χ1n) is 6.03. The minimum atomic E-state index is 0.168. The van der Waals surface area contributed by atoms with Crippen LogP contribution in [0.3, 0.4) is 0 Å². The SMILES string of the molecule is CC(CO)CNc1ccc(C#N)c2ccccc12. The van der Waals surface area contributed by atoms with Crippen molar-refractivity contribution in [2.24, 2.45) is 5.92 Å². The Morgan fingerprint density at radius 3 is 2.61 bits per heavy atom. The second-order valence-corrected chi connectivity index (χ2v) is 4.49. The molecule has 0 amide bonds. The summed E-state index contributed by atoms with van der Waals surface area (Å²) < 4.78 is 0. The fourth-order valence-corrected chi connectivity index (χ4v) is 1.90. The molecule has 3 nitrogen and oxygen atoms in total. The van der Waals surface area contributed by atoms with Crippen LogP contribution in [0.5, 0.6) is 0 Å². The van der Waals surface area contributed by atoms with Crippen LogP contribution in [-0.4, -0.2) is 18.3 Å². The Hall–Kier alpha value is -2.05. The quantitative estimate of drug-likeness (QED) is 0.864. The van der Waals surface area contributed by atoms with Gasteiger partial charge in [-0.1, -0.05) is 31.2 Å². The van der Waals surface area contributed by atoms with Gasteiger partial charge in [-0.05, 0) is 18.1 Å². The van der Waals surface area contributed by atoms with Gasteiger partial charge in [0.2, 0.25) is 0 Å². The lowest BCUT2D eigenvalue weighted by Crippen LogP contribution is -2.14. The van der Waals surface area contributed by atoms with E-state index in [-0.39, 0.29) is 12.5 Å². The zero-order valence-corrected chi connectivity index (χ0v) is 10.4. The third-order valence-corrected chi connectivity index (χ3v) is 3.00. The van der Waals surface area contributed by atoms with Gasteiger partial charge in [-0.3, -0.25) is 0 Å². The molecule has 0 heterocycles. The Bertz CT molecular complexity index is 587. The molecule has 2 aromatic carbocycles. The highest BCUT2D eigenvalue weighted by Gasteiger charge is 2.06. The average molecular weight is 240 g/mol. The molecule has 18 heavy (non-hydrogen) atoms. The van der Waals surface area contributed by atoms with Crippen molar-refractivity contribution < 1.29 is 5.11 Å². The molecule has 0 bridgehead atoms. The minimum Gasteiger partial charge on any atom is -0.396 e. The largest absolute Gasteiger partial charge is 0.396 e. The lowest BCUT2D eigenvalue weighted by Gasteiger charge is -2.13. The molecule has 0 radical (unpaired) electrons. The van der Waals surface area contributed by atoms with Crippen LogP contribution < -0.4 is 5.32 Å². The van der Waals surface area contributed by atoms with Crippen molar-refractivity contribution in [2.75, 3.05) is 18.5 Å². The smallest absolute Gasteiger partial charge is 0.0998 e. The summed E-state index contributed by atoms with van der Waals surface area (Å²) in [5, 5.41) is 23.4. The van der Waals surface area contributed by atoms with E-state index < -0.39 is 0 Å². The first-order chi connectivity index (χ1) is 8.76. The van der Waals surface area contributed by atoms with Crippen molar-refractivity contribution in [1.29, 1.82) is 5.26 Å². The van der Waals surface area contributed by atoms with Crippen molar-refractivity contribution >= 4 is 16.5 Å². The topological polar surface area (TPSA) is 56.0 Å². The van der Waals surface area contributed by atoms with Crippen molar-refractivity contribution in [1.82, 2.24) is 0 Å². The van der Waals surface area contributed by atoms with E-state index >= 15 is 0 Å². The van der Waals surface area contributed by atoms with Crippen LogP contribution in [0.1, 0.15) is 12.5 Å². The highest BCUT2D eigenvalue weighted by Crippen LogP contribution is 2.26. The minimum absolute atomic E-state index is 0.168. The first kappa shape index (κ1) is 12.4. The van der Waals surface area contributed by atoms with Crippen molar-refractivity contribution in [3.05, 3.63) is 42.0 Å². The van der Waals surface area contributed by atoms with E-state index in [4.69, 9.17) is 10.4 Å². The number of aliphatic hydroxyl groups excluding tert-OH is 1. The molecule has 0 saturated carbocycles. The summed E-state index contributed by atoms with van der Waals surface area (Å²) in [6, 6.07) is 13.8. The van der Waals surface area contributed by atoms with E-state index in [1.807, 2.05) is 43.3 Å². The number of rotatable bonds is 4. The van der Waals surface area contributed by atoms with Gasteiger partial charge in [0.1, 0.15) is 0 Å². The van der Waals surface area contributed by atoms with Crippen molar-refractivity contribution in [3.8, 4) is 6.07 Å². The summed E-state index contributed by atoms with van der Waals surface area (Å²) in [5.41, 5.74) is 1.69. The molecule has 2 rings (SSSR count). The van der Waals surface area contributed by atoms with E-state index in [2.05, 4.69) is 11.4 Å². The van der Waals surface area contributed by atoms with E-state index in [1.165, 1.54) is 0 Å². The molecule has 2 N–H and O–H groups in total. The first-order valence-corrected chi connectivity index (χ1v) is 6.03. The Morgan fingerprint density at radius 2 is 1.94 bits per heavy atom. The van der Waals surface area contributed by atoms with Crippen LogP contribution in [0.25, 0.3) is 10.8 Å². The van der Waals surface area contributed by atoms with Crippen LogP contribution in [-0.2, 0) is 0 Å². The predicted octanol–water partition coefficient (Wildman–Crippen LogP) is 2.75. The summed E-state index contributed by atoms with van der Waals surface area (Å²) >= 11 is 0. The predicted molar refractivity (Wildman–Crippen MR) is 73.4 cm³/mol. The molecular weight excluding hydrogens is 224 g/mol. The van der Waals surface area contributed by atoms with Crippen LogP contribution in [0.2, 0.25) is 0 Å². The number of anilines is 1. The summed E-state index contributed by atoms with van der Waals surface area (Å²) in [6.45, 7) is 2.87. The maximum absolute atomic E-state index is 9.08. The van der Waals surface area contributed by atoms with Gasteiger partial charge >= 0.3 is 0 Å². The highest BCUT2D eigenvalue weighted by atomic mass is 16.3. The van der Waals surface area contributed by atoms with Gasteiger partial charge in [0.25, 0.3) is 0 Å². The van der Waals surface area contributed by atoms with Gasteiger partial charge in [0.05, 0.1) is 11.6 Å². The molecule has 0 aromatic heterocycles. The molecule has 0 aliphatic carbocycles. The van der Waals surface area contributed by atoms with E-state index in [0.29, 0.717) is 12.1 Å². The zero-order valence-electron chi connectivity index (χ0n) is 10.4. The van der Waals surface area contributed by atoms with Gasteiger partial charge in [0, 0.05) is 29.6 Å². The molecule has 2 aromatic rings. The zero-order chi connectivity index (χ0) is 13.0. The van der Waals surface area contributed by atoms with E-state index in [1.54, 1.807) is 0 Å². The second-order valence-electron chi connectivity index (χ2n) is 4.49. The molecule has 0 fully saturated rings. The Labute approximate surface area is 107 Å². The molecule has 0 aliphatic heterocycles. The monoisotopic (exact) mass is 240 g/mol. The van der Waals surface area contributed by atoms with Gasteiger partial charge in [0.15, 0.2) is 0 Å². The normalized spacial score (nSPS) is 12.1. The molecule has 92 valence electrons. The van der Waals surface area contributed by atoms with Gasteiger partial charge in [-0.2, -0.15) is 5.26 Å². The van der Waals surface area contributed by atoms with Gasteiger partial charge in [-0.25, -0.2) is 0 Å². The average Bonchev–Trinajstić information content (AvgIpc) is 2.44. The summed E-state index contributed by atoms with van der Waals surface area (Å²) in [6.07, 6.45) is 0. The number of nitrogens with zero attached hydrogens (tertiary/aromatic N) is 1. The number of hydrogen-bond acceptors (Lipinski definition) is 3. The molecule has 3 heteroatoms. The van der Waals surface area contributed by atoms with E-state index in [9.17, 15) is 0 Å². The Balaban J connectivity index is 2.38. The number of benzene rings is 2. The van der Waals surface area contributed by atoms with Crippen LogP contribution in [0.15, 0.2) is 36.4 Å². The fraction of sp³-hybridized carbons (Fsp3) is 0.267. The molecule has 0 aliphatic rings. The second kappa shape index (κ2) is 5.52. The summed E-state index contributed by atoms with van der Waals surface area (Å²) in [5.74, 6) is 0.208. The third kappa shape index (κ3) is 2.44. The molecule has 1 atom stereocenters. The lowest BCUT2D eigenvalue weighted by molar-refractivity contribution is 0.244. The number of hydrogen-bond donors (Lipinski definition) is 2. The van der Waals surface area contributed by atoms with Gasteiger partial charge < -0.3 is 10.4 Å². The Kier molecular flexibility index (Phi) is 3.81. The molecular formula is C15H16N2O. The maximum atomic E-state index is 9.08. The summed E-state index contributed by atoms with van der Waals surface area (Å²) in [4.78, 5) is 0. The van der Waals surface area contributed by atoms with Crippen LogP contribution in [0.4, 0.5) is 5.69 Å². The third-order valence-electron chi connectivity index (χ3n) is 3.00. The van der Waals surface area contributed by atoms with Crippen molar-refractivity contribution in [2.45, 2.75) is 6.92 Å². The lowest BCUT2D eigenvalue weighted by atomic mass is 10.0. The van der Waals surface area contributed by atoms with Crippen LogP contribution in [0, 0.1) is 17.2 Å². The molecule has 1 unspecified atom stereocenters. The van der Waals surface area contributed by atoms with Gasteiger partial charge in [-0.15, -0.1) is 0 Å². The fourth-order valence-electron chi connectivity index (χ4n) is 1.90. The molecule has 0 saturated heterocycles. The molecule has 0 spiro atoms. The Morgan fingerprint density at radius 1 is 1.22 bits per heavy atom. The summed E-state index contributed by atoms with van der Waals surface area (Å²) in [7, 11) is 0. The number of fused-ring (bicyclic) bond motifs is 1.